The molecule has 0 aliphatic heterocycles. The minimum atomic E-state index is 0.127. The minimum Gasteiger partial charge on any atom is -0.508 e. The number of hydrogen-bond acceptors (Lipinski definition) is 3. The van der Waals surface area contributed by atoms with Crippen LogP contribution in [0.25, 0.3) is 0 Å². The van der Waals surface area contributed by atoms with Gasteiger partial charge in [0, 0.05) is 6.07 Å². The average Bonchev–Trinajstić information content (AvgIpc) is 2.29. The van der Waals surface area contributed by atoms with Crippen molar-refractivity contribution in [1.29, 1.82) is 0 Å². The maximum absolute atomic E-state index is 9.84. The number of hydrogen-bond donors (Lipinski definition) is 2. The summed E-state index contributed by atoms with van der Waals surface area (Å²) in [6.07, 6.45) is 0. The Morgan fingerprint density at radius 2 is 1.47 bits per heavy atom. The third kappa shape index (κ3) is 2.08. The summed E-state index contributed by atoms with van der Waals surface area (Å²) < 4.78 is 0. The summed E-state index contributed by atoms with van der Waals surface area (Å²) in [4.78, 5) is 0. The first-order valence-electron chi connectivity index (χ1n) is 4.60. The van der Waals surface area contributed by atoms with Crippen molar-refractivity contribution >= 4 is 11.4 Å². The molecule has 0 atom stereocenters. The van der Waals surface area contributed by atoms with E-state index in [1.807, 2.05) is 18.2 Å². The molecule has 3 heteroatoms. The highest BCUT2D eigenvalue weighted by Crippen LogP contribution is 2.25. The molecule has 0 saturated carbocycles. The summed E-state index contributed by atoms with van der Waals surface area (Å²) in [5, 5.41) is 20.1. The van der Waals surface area contributed by atoms with Gasteiger partial charge < -0.3 is 5.11 Å². The SMILES string of the molecule is Oc1cccc(N(O)c2ccccc2)c1. The van der Waals surface area contributed by atoms with E-state index in [-0.39, 0.29) is 5.75 Å². The van der Waals surface area contributed by atoms with Crippen LogP contribution in [-0.2, 0) is 0 Å². The molecule has 0 fully saturated rings. The average molecular weight is 201 g/mol. The molecule has 0 saturated heterocycles. The fourth-order valence-corrected chi connectivity index (χ4v) is 1.34. The van der Waals surface area contributed by atoms with E-state index < -0.39 is 0 Å². The monoisotopic (exact) mass is 201 g/mol. The van der Waals surface area contributed by atoms with E-state index in [9.17, 15) is 10.3 Å². The number of benzene rings is 2. The Morgan fingerprint density at radius 1 is 0.800 bits per heavy atom. The van der Waals surface area contributed by atoms with Crippen LogP contribution >= 0.6 is 0 Å². The van der Waals surface area contributed by atoms with Crippen molar-refractivity contribution in [2.24, 2.45) is 0 Å². The molecular weight excluding hydrogens is 190 g/mol. The Labute approximate surface area is 87.8 Å². The van der Waals surface area contributed by atoms with Crippen LogP contribution in [0.5, 0.6) is 5.75 Å². The highest BCUT2D eigenvalue weighted by atomic mass is 16.5. The van der Waals surface area contributed by atoms with Crippen LogP contribution in [0.15, 0.2) is 54.6 Å². The summed E-state index contributed by atoms with van der Waals surface area (Å²) in [6.45, 7) is 0. The first-order valence-corrected chi connectivity index (χ1v) is 4.60. The lowest BCUT2D eigenvalue weighted by Gasteiger charge is -2.16. The van der Waals surface area contributed by atoms with Gasteiger partial charge in [-0.15, -0.1) is 0 Å². The Bertz CT molecular complexity index is 442. The number of rotatable bonds is 2. The Kier molecular flexibility index (Phi) is 2.56. The number of phenols is 1. The highest BCUT2D eigenvalue weighted by molar-refractivity contribution is 5.61. The van der Waals surface area contributed by atoms with Crippen LogP contribution in [-0.4, -0.2) is 10.3 Å². The zero-order chi connectivity index (χ0) is 10.7. The summed E-state index contributed by atoms with van der Waals surface area (Å²) in [6, 6.07) is 15.6. The zero-order valence-electron chi connectivity index (χ0n) is 8.04. The van der Waals surface area contributed by atoms with Gasteiger partial charge in [0.15, 0.2) is 0 Å². The van der Waals surface area contributed by atoms with Gasteiger partial charge in [-0.2, -0.15) is 0 Å². The number of nitrogens with zero attached hydrogens (tertiary/aromatic N) is 1. The summed E-state index contributed by atoms with van der Waals surface area (Å²) in [5.41, 5.74) is 1.18. The number of para-hydroxylation sites is 1. The van der Waals surface area contributed by atoms with Gasteiger partial charge in [0.1, 0.15) is 5.75 Å². The molecule has 0 unspecified atom stereocenters. The molecular formula is C12H11NO2. The van der Waals surface area contributed by atoms with Crippen molar-refractivity contribution in [1.82, 2.24) is 0 Å². The molecule has 15 heavy (non-hydrogen) atoms. The Morgan fingerprint density at radius 3 is 2.13 bits per heavy atom. The van der Waals surface area contributed by atoms with Gasteiger partial charge in [-0.25, -0.2) is 5.06 Å². The third-order valence-corrected chi connectivity index (χ3v) is 2.08. The molecule has 2 aromatic carbocycles. The lowest BCUT2D eigenvalue weighted by Crippen LogP contribution is -2.09. The molecule has 0 heterocycles. The van der Waals surface area contributed by atoms with Crippen LogP contribution in [0.4, 0.5) is 11.4 Å². The molecule has 2 N–H and O–H groups in total. The largest absolute Gasteiger partial charge is 0.508 e. The van der Waals surface area contributed by atoms with E-state index in [0.29, 0.717) is 11.4 Å². The second-order valence-electron chi connectivity index (χ2n) is 3.17. The molecule has 0 aliphatic carbocycles. The fraction of sp³-hybridized carbons (Fsp3) is 0. The van der Waals surface area contributed by atoms with Crippen molar-refractivity contribution in [2.75, 3.05) is 5.06 Å². The predicted molar refractivity (Wildman–Crippen MR) is 58.5 cm³/mol. The van der Waals surface area contributed by atoms with Crippen LogP contribution in [0.2, 0.25) is 0 Å². The maximum Gasteiger partial charge on any atom is 0.117 e. The molecule has 3 nitrogen and oxygen atoms in total. The van der Waals surface area contributed by atoms with Gasteiger partial charge in [0.2, 0.25) is 0 Å². The summed E-state index contributed by atoms with van der Waals surface area (Å²) in [5.74, 6) is 0.127. The smallest absolute Gasteiger partial charge is 0.117 e. The minimum absolute atomic E-state index is 0.127. The predicted octanol–water partition coefficient (Wildman–Crippen LogP) is 2.92. The standard InChI is InChI=1S/C12H11NO2/c14-12-8-4-7-11(9-12)13(15)10-5-2-1-3-6-10/h1-9,14-15H. The number of phenolic OH excluding ortho intramolecular Hbond substituents is 1. The lowest BCUT2D eigenvalue weighted by atomic mass is 10.2. The molecule has 0 amide bonds. The van der Waals surface area contributed by atoms with E-state index in [1.165, 1.54) is 6.07 Å². The quantitative estimate of drug-likeness (QED) is 0.734. The second kappa shape index (κ2) is 4.02. The molecule has 2 aromatic rings. The Hall–Kier alpha value is -2.00. The number of aromatic hydroxyl groups is 1. The fourth-order valence-electron chi connectivity index (χ4n) is 1.34. The van der Waals surface area contributed by atoms with Crippen molar-refractivity contribution in [2.45, 2.75) is 0 Å². The molecule has 0 spiro atoms. The Balaban J connectivity index is 2.32. The molecule has 0 bridgehead atoms. The highest BCUT2D eigenvalue weighted by Gasteiger charge is 2.05. The molecule has 0 aliphatic rings. The second-order valence-corrected chi connectivity index (χ2v) is 3.17. The van der Waals surface area contributed by atoms with Gasteiger partial charge in [-0.3, -0.25) is 5.21 Å². The van der Waals surface area contributed by atoms with E-state index in [0.717, 1.165) is 5.06 Å². The lowest BCUT2D eigenvalue weighted by molar-refractivity contribution is 0.300. The van der Waals surface area contributed by atoms with E-state index in [1.54, 1.807) is 30.3 Å². The molecule has 2 rings (SSSR count). The van der Waals surface area contributed by atoms with Gasteiger partial charge in [0.05, 0.1) is 11.4 Å². The number of anilines is 2. The maximum atomic E-state index is 9.84. The first kappa shape index (κ1) is 9.55. The molecule has 0 radical (unpaired) electrons. The molecule has 0 aromatic heterocycles. The summed E-state index contributed by atoms with van der Waals surface area (Å²) in [7, 11) is 0. The van der Waals surface area contributed by atoms with Gasteiger partial charge in [-0.05, 0) is 24.3 Å². The van der Waals surface area contributed by atoms with Gasteiger partial charge in [-0.1, -0.05) is 24.3 Å². The normalized spacial score (nSPS) is 9.93. The van der Waals surface area contributed by atoms with Crippen molar-refractivity contribution in [3.8, 4) is 5.75 Å². The van der Waals surface area contributed by atoms with E-state index in [4.69, 9.17) is 0 Å². The van der Waals surface area contributed by atoms with Crippen molar-refractivity contribution in [3.05, 3.63) is 54.6 Å². The van der Waals surface area contributed by atoms with Gasteiger partial charge in [0.25, 0.3) is 0 Å². The van der Waals surface area contributed by atoms with Crippen molar-refractivity contribution in [3.63, 3.8) is 0 Å². The van der Waals surface area contributed by atoms with E-state index in [2.05, 4.69) is 0 Å². The van der Waals surface area contributed by atoms with Crippen LogP contribution < -0.4 is 5.06 Å². The molecule has 76 valence electrons. The van der Waals surface area contributed by atoms with Gasteiger partial charge >= 0.3 is 0 Å². The first-order chi connectivity index (χ1) is 7.27. The van der Waals surface area contributed by atoms with E-state index >= 15 is 0 Å². The van der Waals surface area contributed by atoms with Crippen LogP contribution in [0.3, 0.4) is 0 Å². The zero-order valence-corrected chi connectivity index (χ0v) is 8.04. The van der Waals surface area contributed by atoms with Crippen LogP contribution in [0, 0.1) is 0 Å². The topological polar surface area (TPSA) is 43.7 Å². The third-order valence-electron chi connectivity index (χ3n) is 2.08. The van der Waals surface area contributed by atoms with Crippen molar-refractivity contribution < 1.29 is 10.3 Å². The summed E-state index contributed by atoms with van der Waals surface area (Å²) >= 11 is 0. The van der Waals surface area contributed by atoms with Crippen LogP contribution in [0.1, 0.15) is 0 Å².